The van der Waals surface area contributed by atoms with Crippen LogP contribution in [0.5, 0.6) is 0 Å². The van der Waals surface area contributed by atoms with Crippen LogP contribution in [-0.2, 0) is 4.74 Å². The van der Waals surface area contributed by atoms with Crippen LogP contribution in [0.3, 0.4) is 0 Å². The molecule has 0 spiro atoms. The van der Waals surface area contributed by atoms with Crippen molar-refractivity contribution in [1.29, 1.82) is 0 Å². The molecule has 3 heteroatoms. The molecular formula is C6H16ClNO. The van der Waals surface area contributed by atoms with Crippen LogP contribution in [0.1, 0.15) is 19.8 Å². The van der Waals surface area contributed by atoms with Gasteiger partial charge in [-0.05, 0) is 19.4 Å². The van der Waals surface area contributed by atoms with Crippen molar-refractivity contribution < 1.29 is 4.74 Å². The van der Waals surface area contributed by atoms with Gasteiger partial charge in [0.25, 0.3) is 0 Å². The molecule has 0 heterocycles. The molecule has 0 aliphatic rings. The number of hydrogen-bond donors (Lipinski definition) is 1. The molecule has 0 saturated heterocycles. The van der Waals surface area contributed by atoms with Gasteiger partial charge in [0.05, 0.1) is 0 Å². The zero-order chi connectivity index (χ0) is 6.24. The highest BCUT2D eigenvalue weighted by atomic mass is 35.5. The van der Waals surface area contributed by atoms with Crippen LogP contribution >= 0.6 is 12.4 Å². The summed E-state index contributed by atoms with van der Waals surface area (Å²) in [5.74, 6) is 0. The second kappa shape index (κ2) is 11.1. The van der Waals surface area contributed by atoms with Crippen molar-refractivity contribution in [2.75, 3.05) is 19.8 Å². The fourth-order valence-corrected chi connectivity index (χ4v) is 0.432. The first-order valence-electron chi connectivity index (χ1n) is 3.19. The topological polar surface area (TPSA) is 35.2 Å². The van der Waals surface area contributed by atoms with E-state index in [0.717, 1.165) is 32.6 Å². The predicted octanol–water partition coefficient (Wildman–Crippen LogP) is 1.18. The van der Waals surface area contributed by atoms with Crippen LogP contribution < -0.4 is 5.73 Å². The van der Waals surface area contributed by atoms with Gasteiger partial charge in [-0.15, -0.1) is 12.4 Å². The van der Waals surface area contributed by atoms with Gasteiger partial charge in [-0.3, -0.25) is 0 Å². The van der Waals surface area contributed by atoms with E-state index >= 15 is 0 Å². The molecule has 0 radical (unpaired) electrons. The molecule has 58 valence electrons. The Morgan fingerprint density at radius 1 is 1.33 bits per heavy atom. The first kappa shape index (κ1) is 11.9. The summed E-state index contributed by atoms with van der Waals surface area (Å²) in [5, 5.41) is 0. The van der Waals surface area contributed by atoms with Gasteiger partial charge in [0.1, 0.15) is 0 Å². The largest absolute Gasteiger partial charge is 0.381 e. The molecule has 0 bridgehead atoms. The molecule has 0 aromatic heterocycles. The van der Waals surface area contributed by atoms with Crippen LogP contribution in [0.15, 0.2) is 0 Å². The van der Waals surface area contributed by atoms with Crippen LogP contribution in [0, 0.1) is 0 Å². The van der Waals surface area contributed by atoms with Crippen molar-refractivity contribution >= 4 is 12.4 Å². The Morgan fingerprint density at radius 2 is 2.00 bits per heavy atom. The standard InChI is InChI=1S/C6H15NO.ClH/c1-2-5-8-6-3-4-7;/h2-7H2,1H3;1H. The Morgan fingerprint density at radius 3 is 2.44 bits per heavy atom. The smallest absolute Gasteiger partial charge is 0.0478 e. The average molecular weight is 154 g/mol. The van der Waals surface area contributed by atoms with Crippen molar-refractivity contribution in [3.05, 3.63) is 0 Å². The molecule has 0 aromatic carbocycles. The van der Waals surface area contributed by atoms with Crippen LogP contribution in [-0.4, -0.2) is 19.8 Å². The lowest BCUT2D eigenvalue weighted by molar-refractivity contribution is 0.134. The van der Waals surface area contributed by atoms with E-state index in [4.69, 9.17) is 10.5 Å². The molecule has 0 saturated carbocycles. The molecule has 0 unspecified atom stereocenters. The third-order valence-electron chi connectivity index (χ3n) is 0.841. The van der Waals surface area contributed by atoms with Crippen LogP contribution in [0.2, 0.25) is 0 Å². The van der Waals surface area contributed by atoms with Crippen LogP contribution in [0.25, 0.3) is 0 Å². The number of rotatable bonds is 5. The monoisotopic (exact) mass is 153 g/mol. The Labute approximate surface area is 63.2 Å². The SMILES string of the molecule is CCCOCCCN.Cl. The summed E-state index contributed by atoms with van der Waals surface area (Å²) in [6.45, 7) is 4.54. The van der Waals surface area contributed by atoms with Crippen LogP contribution in [0.4, 0.5) is 0 Å². The Balaban J connectivity index is 0. The molecule has 0 aromatic rings. The zero-order valence-electron chi connectivity index (χ0n) is 5.93. The minimum Gasteiger partial charge on any atom is -0.381 e. The van der Waals surface area contributed by atoms with E-state index in [0.29, 0.717) is 0 Å². The maximum absolute atomic E-state index is 5.23. The number of ether oxygens (including phenoxy) is 1. The predicted molar refractivity (Wildman–Crippen MR) is 42.0 cm³/mol. The van der Waals surface area contributed by atoms with Gasteiger partial charge in [0.2, 0.25) is 0 Å². The van der Waals surface area contributed by atoms with E-state index in [-0.39, 0.29) is 12.4 Å². The van der Waals surface area contributed by atoms with Crippen molar-refractivity contribution in [2.45, 2.75) is 19.8 Å². The van der Waals surface area contributed by atoms with Gasteiger partial charge in [0.15, 0.2) is 0 Å². The van der Waals surface area contributed by atoms with E-state index in [1.54, 1.807) is 0 Å². The average Bonchev–Trinajstić information content (AvgIpc) is 1.81. The first-order chi connectivity index (χ1) is 3.91. The minimum absolute atomic E-state index is 0. The normalized spacial score (nSPS) is 8.67. The minimum atomic E-state index is 0. The Kier molecular flexibility index (Phi) is 14.7. The molecule has 2 nitrogen and oxygen atoms in total. The van der Waals surface area contributed by atoms with Gasteiger partial charge in [0, 0.05) is 13.2 Å². The highest BCUT2D eigenvalue weighted by Gasteiger charge is 1.81. The van der Waals surface area contributed by atoms with Crippen molar-refractivity contribution in [1.82, 2.24) is 0 Å². The van der Waals surface area contributed by atoms with E-state index in [1.165, 1.54) is 0 Å². The highest BCUT2D eigenvalue weighted by Crippen LogP contribution is 1.81. The fraction of sp³-hybridized carbons (Fsp3) is 1.00. The summed E-state index contributed by atoms with van der Waals surface area (Å²) in [6.07, 6.45) is 2.09. The summed E-state index contributed by atoms with van der Waals surface area (Å²) in [4.78, 5) is 0. The quantitative estimate of drug-likeness (QED) is 0.603. The third-order valence-corrected chi connectivity index (χ3v) is 0.841. The van der Waals surface area contributed by atoms with Gasteiger partial charge >= 0.3 is 0 Å². The van der Waals surface area contributed by atoms with Crippen molar-refractivity contribution in [3.8, 4) is 0 Å². The molecule has 0 amide bonds. The molecule has 9 heavy (non-hydrogen) atoms. The van der Waals surface area contributed by atoms with Gasteiger partial charge < -0.3 is 10.5 Å². The molecular weight excluding hydrogens is 138 g/mol. The summed E-state index contributed by atoms with van der Waals surface area (Å²) in [5.41, 5.74) is 5.23. The molecule has 2 N–H and O–H groups in total. The molecule has 0 rings (SSSR count). The van der Waals surface area contributed by atoms with Gasteiger partial charge in [-0.25, -0.2) is 0 Å². The summed E-state index contributed by atoms with van der Waals surface area (Å²) < 4.78 is 5.14. The lowest BCUT2D eigenvalue weighted by Gasteiger charge is -1.97. The van der Waals surface area contributed by atoms with Crippen molar-refractivity contribution in [2.24, 2.45) is 5.73 Å². The lowest BCUT2D eigenvalue weighted by Crippen LogP contribution is -2.04. The number of hydrogen-bond acceptors (Lipinski definition) is 2. The Hall–Kier alpha value is 0.210. The highest BCUT2D eigenvalue weighted by molar-refractivity contribution is 5.85. The number of nitrogens with two attached hydrogens (primary N) is 1. The molecule has 0 aliphatic heterocycles. The van der Waals surface area contributed by atoms with E-state index in [1.807, 2.05) is 0 Å². The van der Waals surface area contributed by atoms with E-state index in [2.05, 4.69) is 6.92 Å². The first-order valence-corrected chi connectivity index (χ1v) is 3.19. The van der Waals surface area contributed by atoms with E-state index < -0.39 is 0 Å². The van der Waals surface area contributed by atoms with Gasteiger partial charge in [-0.1, -0.05) is 6.92 Å². The zero-order valence-corrected chi connectivity index (χ0v) is 6.75. The summed E-state index contributed by atoms with van der Waals surface area (Å²) in [7, 11) is 0. The fourth-order valence-electron chi connectivity index (χ4n) is 0.432. The lowest BCUT2D eigenvalue weighted by atomic mass is 10.4. The second-order valence-electron chi connectivity index (χ2n) is 1.75. The molecule has 0 atom stereocenters. The van der Waals surface area contributed by atoms with E-state index in [9.17, 15) is 0 Å². The molecule has 0 fully saturated rings. The maximum atomic E-state index is 5.23. The third kappa shape index (κ3) is 11.7. The summed E-state index contributed by atoms with van der Waals surface area (Å²) >= 11 is 0. The number of halogens is 1. The molecule has 0 aliphatic carbocycles. The maximum Gasteiger partial charge on any atom is 0.0478 e. The van der Waals surface area contributed by atoms with Crippen molar-refractivity contribution in [3.63, 3.8) is 0 Å². The van der Waals surface area contributed by atoms with Gasteiger partial charge in [-0.2, -0.15) is 0 Å². The second-order valence-corrected chi connectivity index (χ2v) is 1.75. The summed E-state index contributed by atoms with van der Waals surface area (Å²) in [6, 6.07) is 0. The Bertz CT molecular complexity index is 38.0.